The molecule has 2 aliphatic rings. The van der Waals surface area contributed by atoms with Gasteiger partial charge in [-0.3, -0.25) is 4.90 Å². The summed E-state index contributed by atoms with van der Waals surface area (Å²) >= 11 is 0. The molecule has 1 N–H and O–H groups in total. The summed E-state index contributed by atoms with van der Waals surface area (Å²) in [7, 11) is 0. The van der Waals surface area contributed by atoms with Crippen LogP contribution in [0.25, 0.3) is 0 Å². The van der Waals surface area contributed by atoms with Gasteiger partial charge in [-0.2, -0.15) is 0 Å². The molecule has 0 radical (unpaired) electrons. The Morgan fingerprint density at radius 3 is 2.12 bits per heavy atom. The van der Waals surface area contributed by atoms with Crippen molar-refractivity contribution in [1.82, 2.24) is 10.2 Å². The van der Waals surface area contributed by atoms with E-state index in [1.807, 2.05) is 0 Å². The largest absolute Gasteiger partial charge is 0.369 e. The third-order valence-corrected chi connectivity index (χ3v) is 6.37. The monoisotopic (exact) mass is 350 g/mol. The first-order valence-corrected chi connectivity index (χ1v) is 9.81. The second kappa shape index (κ2) is 7.15. The molecule has 1 saturated heterocycles. The number of hydrogen-bond acceptors (Lipinski definition) is 3. The second-order valence-electron chi connectivity index (χ2n) is 8.18. The van der Waals surface area contributed by atoms with E-state index in [-0.39, 0.29) is 11.1 Å². The molecule has 2 aromatic carbocycles. The molecule has 3 nitrogen and oxygen atoms in total. The van der Waals surface area contributed by atoms with E-state index in [0.717, 1.165) is 39.0 Å². The summed E-state index contributed by atoms with van der Waals surface area (Å²) in [6, 6.07) is 19.5. The van der Waals surface area contributed by atoms with Gasteiger partial charge in [-0.15, -0.1) is 0 Å². The van der Waals surface area contributed by atoms with Crippen LogP contribution in [-0.2, 0) is 24.2 Å². The molecule has 0 bridgehead atoms. The molecule has 0 spiro atoms. The van der Waals surface area contributed by atoms with Crippen molar-refractivity contribution in [3.8, 4) is 0 Å². The summed E-state index contributed by atoms with van der Waals surface area (Å²) in [6.45, 7) is 9.56. The number of ether oxygens (including phenoxy) is 1. The van der Waals surface area contributed by atoms with Gasteiger partial charge in [-0.1, -0.05) is 54.6 Å². The highest BCUT2D eigenvalue weighted by atomic mass is 16.5. The van der Waals surface area contributed by atoms with Gasteiger partial charge < -0.3 is 10.1 Å². The van der Waals surface area contributed by atoms with Crippen LogP contribution in [0, 0.1) is 0 Å². The van der Waals surface area contributed by atoms with Crippen molar-refractivity contribution in [3.63, 3.8) is 0 Å². The highest BCUT2D eigenvalue weighted by molar-refractivity contribution is 5.38. The van der Waals surface area contributed by atoms with Crippen LogP contribution in [0.4, 0.5) is 0 Å². The molecular formula is C23H30N2O. The molecule has 1 aliphatic heterocycles. The standard InChI is InChI=1S/C23H30N2O/c1-22(2,26-18-19-8-4-3-5-9-19)23(25-14-12-24-13-15-25)16-20-10-6-7-11-21(20)17-23/h3-11,24H,12-18H2,1-2H3. The summed E-state index contributed by atoms with van der Waals surface area (Å²) in [6.07, 6.45) is 2.15. The Morgan fingerprint density at radius 1 is 0.923 bits per heavy atom. The van der Waals surface area contributed by atoms with Crippen LogP contribution in [-0.4, -0.2) is 42.2 Å². The Kier molecular flexibility index (Phi) is 4.87. The van der Waals surface area contributed by atoms with Crippen LogP contribution < -0.4 is 5.32 Å². The van der Waals surface area contributed by atoms with E-state index >= 15 is 0 Å². The van der Waals surface area contributed by atoms with Crippen molar-refractivity contribution >= 4 is 0 Å². The topological polar surface area (TPSA) is 24.5 Å². The molecule has 1 heterocycles. The summed E-state index contributed by atoms with van der Waals surface area (Å²) < 4.78 is 6.63. The van der Waals surface area contributed by atoms with Gasteiger partial charge in [0.15, 0.2) is 0 Å². The van der Waals surface area contributed by atoms with Crippen molar-refractivity contribution in [2.45, 2.75) is 44.4 Å². The molecule has 0 saturated carbocycles. The third kappa shape index (κ3) is 3.20. The third-order valence-electron chi connectivity index (χ3n) is 6.37. The minimum Gasteiger partial charge on any atom is -0.369 e. The normalized spacial score (nSPS) is 20.1. The van der Waals surface area contributed by atoms with Gasteiger partial charge in [0.25, 0.3) is 0 Å². The average Bonchev–Trinajstić information content (AvgIpc) is 3.10. The number of piperazine rings is 1. The minimum absolute atomic E-state index is 0.0214. The zero-order chi connectivity index (χ0) is 18.0. The van der Waals surface area contributed by atoms with E-state index < -0.39 is 0 Å². The molecule has 0 atom stereocenters. The molecule has 26 heavy (non-hydrogen) atoms. The number of nitrogens with zero attached hydrogens (tertiary/aromatic N) is 1. The highest BCUT2D eigenvalue weighted by Gasteiger charge is 2.53. The molecule has 0 amide bonds. The smallest absolute Gasteiger partial charge is 0.0820 e. The Labute approximate surface area is 157 Å². The Morgan fingerprint density at radius 2 is 1.50 bits per heavy atom. The number of hydrogen-bond donors (Lipinski definition) is 1. The number of benzene rings is 2. The lowest BCUT2D eigenvalue weighted by molar-refractivity contribution is -0.140. The highest BCUT2D eigenvalue weighted by Crippen LogP contribution is 2.44. The number of nitrogens with one attached hydrogen (secondary N) is 1. The Hall–Kier alpha value is -1.68. The molecule has 1 aliphatic carbocycles. The molecule has 4 rings (SSSR count). The maximum absolute atomic E-state index is 6.63. The van der Waals surface area contributed by atoms with Crippen LogP contribution in [0.2, 0.25) is 0 Å². The molecule has 0 aromatic heterocycles. The second-order valence-corrected chi connectivity index (χ2v) is 8.18. The summed E-state index contributed by atoms with van der Waals surface area (Å²) in [4.78, 5) is 2.69. The van der Waals surface area contributed by atoms with Crippen molar-refractivity contribution in [2.24, 2.45) is 0 Å². The maximum Gasteiger partial charge on any atom is 0.0820 e. The summed E-state index contributed by atoms with van der Waals surface area (Å²) in [5.74, 6) is 0. The van der Waals surface area contributed by atoms with E-state index in [9.17, 15) is 0 Å². The van der Waals surface area contributed by atoms with Crippen molar-refractivity contribution in [1.29, 1.82) is 0 Å². The van der Waals surface area contributed by atoms with E-state index in [2.05, 4.69) is 78.7 Å². The van der Waals surface area contributed by atoms with Gasteiger partial charge in [0.05, 0.1) is 17.7 Å². The Balaban J connectivity index is 1.62. The average molecular weight is 351 g/mol. The van der Waals surface area contributed by atoms with Gasteiger partial charge in [0.1, 0.15) is 0 Å². The molecule has 3 heteroatoms. The van der Waals surface area contributed by atoms with Gasteiger partial charge >= 0.3 is 0 Å². The van der Waals surface area contributed by atoms with Crippen LogP contribution in [0.5, 0.6) is 0 Å². The summed E-state index contributed by atoms with van der Waals surface area (Å²) in [5, 5.41) is 3.50. The van der Waals surface area contributed by atoms with Crippen LogP contribution in [0.1, 0.15) is 30.5 Å². The van der Waals surface area contributed by atoms with Gasteiger partial charge in [0.2, 0.25) is 0 Å². The molecule has 138 valence electrons. The van der Waals surface area contributed by atoms with E-state index in [4.69, 9.17) is 4.74 Å². The lowest BCUT2D eigenvalue weighted by Crippen LogP contribution is -2.67. The molecular weight excluding hydrogens is 320 g/mol. The lowest BCUT2D eigenvalue weighted by atomic mass is 9.77. The van der Waals surface area contributed by atoms with Crippen LogP contribution in [0.15, 0.2) is 54.6 Å². The molecule has 1 fully saturated rings. The first-order valence-electron chi connectivity index (χ1n) is 9.81. The number of fused-ring (bicyclic) bond motifs is 1. The van der Waals surface area contributed by atoms with E-state index in [1.54, 1.807) is 0 Å². The quantitative estimate of drug-likeness (QED) is 0.894. The fourth-order valence-corrected chi connectivity index (χ4v) is 4.69. The van der Waals surface area contributed by atoms with Gasteiger partial charge in [-0.25, -0.2) is 0 Å². The SMILES string of the molecule is CC(C)(OCc1ccccc1)C1(N2CCNCC2)Cc2ccccc2C1. The predicted molar refractivity (Wildman–Crippen MR) is 106 cm³/mol. The molecule has 0 unspecified atom stereocenters. The van der Waals surface area contributed by atoms with E-state index in [1.165, 1.54) is 16.7 Å². The zero-order valence-corrected chi connectivity index (χ0v) is 16.0. The first kappa shape index (κ1) is 17.7. The first-order chi connectivity index (χ1) is 12.6. The predicted octanol–water partition coefficient (Wildman–Crippen LogP) is 3.42. The van der Waals surface area contributed by atoms with Crippen molar-refractivity contribution in [2.75, 3.05) is 26.2 Å². The van der Waals surface area contributed by atoms with Crippen LogP contribution >= 0.6 is 0 Å². The molecule has 2 aromatic rings. The minimum atomic E-state index is -0.237. The van der Waals surface area contributed by atoms with Crippen LogP contribution in [0.3, 0.4) is 0 Å². The maximum atomic E-state index is 6.63. The number of rotatable bonds is 5. The fraction of sp³-hybridized carbons (Fsp3) is 0.478. The van der Waals surface area contributed by atoms with Crippen molar-refractivity contribution < 1.29 is 4.74 Å². The Bertz CT molecular complexity index is 710. The van der Waals surface area contributed by atoms with Crippen molar-refractivity contribution in [3.05, 3.63) is 71.3 Å². The fourth-order valence-electron chi connectivity index (χ4n) is 4.69. The zero-order valence-electron chi connectivity index (χ0n) is 16.0. The lowest BCUT2D eigenvalue weighted by Gasteiger charge is -2.52. The van der Waals surface area contributed by atoms with Gasteiger partial charge in [0, 0.05) is 26.2 Å². The van der Waals surface area contributed by atoms with E-state index in [0.29, 0.717) is 6.61 Å². The van der Waals surface area contributed by atoms with Gasteiger partial charge in [-0.05, 0) is 43.4 Å². The summed E-state index contributed by atoms with van der Waals surface area (Å²) in [5.41, 5.74) is 4.00.